The van der Waals surface area contributed by atoms with Crippen LogP contribution in [0, 0.1) is 0 Å². The summed E-state index contributed by atoms with van der Waals surface area (Å²) in [6, 6.07) is 7.12. The lowest BCUT2D eigenvalue weighted by Crippen LogP contribution is -2.37. The zero-order valence-electron chi connectivity index (χ0n) is 8.19. The van der Waals surface area contributed by atoms with Gasteiger partial charge in [0.15, 0.2) is 0 Å². The number of rotatable bonds is 2. The van der Waals surface area contributed by atoms with E-state index < -0.39 is 11.0 Å². The van der Waals surface area contributed by atoms with Crippen LogP contribution in [-0.4, -0.2) is 34.8 Å². The third kappa shape index (κ3) is 2.78. The summed E-state index contributed by atoms with van der Waals surface area (Å²) in [6.45, 7) is 2.74. The van der Waals surface area contributed by atoms with E-state index >= 15 is 0 Å². The van der Waals surface area contributed by atoms with Gasteiger partial charge in [0.05, 0.1) is 18.1 Å². The van der Waals surface area contributed by atoms with Crippen LogP contribution >= 0.6 is 11.6 Å². The highest BCUT2D eigenvalue weighted by atomic mass is 35.5. The minimum absolute atomic E-state index is 0.652. The Morgan fingerprint density at radius 1 is 1.20 bits per heavy atom. The highest BCUT2D eigenvalue weighted by Gasteiger charge is 2.17. The third-order valence-electron chi connectivity index (χ3n) is 2.22. The maximum absolute atomic E-state index is 12.0. The van der Waals surface area contributed by atoms with Crippen molar-refractivity contribution in [3.63, 3.8) is 0 Å². The van der Waals surface area contributed by atoms with Crippen LogP contribution in [0.25, 0.3) is 0 Å². The Morgan fingerprint density at radius 2 is 1.80 bits per heavy atom. The Hall–Kier alpha value is -0.420. The molecule has 0 saturated carbocycles. The molecular weight excluding hydrogens is 234 g/mol. The second-order valence-corrected chi connectivity index (χ2v) is 5.17. The average Bonchev–Trinajstić information content (AvgIpc) is 2.30. The second kappa shape index (κ2) is 5.07. The quantitative estimate of drug-likeness (QED) is 0.794. The van der Waals surface area contributed by atoms with Crippen molar-refractivity contribution in [2.45, 2.75) is 4.90 Å². The first-order valence-corrected chi connectivity index (χ1v) is 6.26. The Bertz CT molecular complexity index is 349. The molecule has 82 valence electrons. The molecule has 0 radical (unpaired) electrons. The number of hydrogen-bond donors (Lipinski definition) is 0. The van der Waals surface area contributed by atoms with Crippen LogP contribution in [0.1, 0.15) is 0 Å². The predicted molar refractivity (Wildman–Crippen MR) is 60.3 cm³/mol. The maximum Gasteiger partial charge on any atom is 0.127 e. The summed E-state index contributed by atoms with van der Waals surface area (Å²) in [5, 5.41) is 0.665. The standard InChI is InChI=1S/C10H12ClNO2S/c11-9-1-3-10(4-2-9)15(13)12-5-7-14-8-6-12/h1-4H,5-8H2. The number of nitrogens with zero attached hydrogens (tertiary/aromatic N) is 1. The topological polar surface area (TPSA) is 29.5 Å². The van der Waals surface area contributed by atoms with Gasteiger partial charge in [-0.15, -0.1) is 0 Å². The molecule has 0 aromatic heterocycles. The molecule has 1 aliphatic heterocycles. The molecule has 3 nitrogen and oxygen atoms in total. The van der Waals surface area contributed by atoms with Crippen LogP contribution in [0.4, 0.5) is 0 Å². The predicted octanol–water partition coefficient (Wildman–Crippen LogP) is 1.69. The summed E-state index contributed by atoms with van der Waals surface area (Å²) >= 11 is 5.77. The fourth-order valence-corrected chi connectivity index (χ4v) is 2.69. The molecule has 1 aromatic rings. The van der Waals surface area contributed by atoms with Gasteiger partial charge in [0.25, 0.3) is 0 Å². The molecular formula is C10H12ClNO2S. The van der Waals surface area contributed by atoms with Crippen molar-refractivity contribution in [2.75, 3.05) is 26.3 Å². The summed E-state index contributed by atoms with van der Waals surface area (Å²) in [4.78, 5) is 0.793. The molecule has 0 amide bonds. The Labute approximate surface area is 96.6 Å². The summed E-state index contributed by atoms with van der Waals surface area (Å²) < 4.78 is 19.2. The van der Waals surface area contributed by atoms with Crippen LogP contribution in [0.5, 0.6) is 0 Å². The SMILES string of the molecule is O=S(c1ccc(Cl)cc1)N1CCOCC1. The van der Waals surface area contributed by atoms with E-state index in [1.54, 1.807) is 24.3 Å². The maximum atomic E-state index is 12.0. The first-order valence-electron chi connectivity index (χ1n) is 4.77. The molecule has 0 N–H and O–H groups in total. The lowest BCUT2D eigenvalue weighted by molar-refractivity contribution is 0.0752. The number of ether oxygens (including phenoxy) is 1. The van der Waals surface area contributed by atoms with Crippen LogP contribution in [-0.2, 0) is 15.7 Å². The van der Waals surface area contributed by atoms with Crippen LogP contribution < -0.4 is 0 Å². The van der Waals surface area contributed by atoms with Gasteiger partial charge in [-0.25, -0.2) is 8.51 Å². The van der Waals surface area contributed by atoms with Gasteiger partial charge >= 0.3 is 0 Å². The van der Waals surface area contributed by atoms with Gasteiger partial charge < -0.3 is 4.74 Å². The van der Waals surface area contributed by atoms with Crippen molar-refractivity contribution in [2.24, 2.45) is 0 Å². The third-order valence-corrected chi connectivity index (χ3v) is 3.98. The van der Waals surface area contributed by atoms with E-state index in [4.69, 9.17) is 16.3 Å². The molecule has 1 heterocycles. The normalized spacial score (nSPS) is 20.1. The lowest BCUT2D eigenvalue weighted by atomic mass is 10.4. The molecule has 0 spiro atoms. The highest BCUT2D eigenvalue weighted by molar-refractivity contribution is 7.82. The van der Waals surface area contributed by atoms with E-state index in [1.165, 1.54) is 0 Å². The Balaban J connectivity index is 2.09. The van der Waals surface area contributed by atoms with Crippen molar-refractivity contribution in [1.82, 2.24) is 4.31 Å². The fourth-order valence-electron chi connectivity index (χ4n) is 1.41. The van der Waals surface area contributed by atoms with Crippen molar-refractivity contribution >= 4 is 22.6 Å². The average molecular weight is 246 g/mol. The van der Waals surface area contributed by atoms with Gasteiger partial charge in [-0.1, -0.05) is 11.6 Å². The van der Waals surface area contributed by atoms with E-state index in [2.05, 4.69) is 0 Å². The van der Waals surface area contributed by atoms with Crippen LogP contribution in [0.15, 0.2) is 29.2 Å². The first-order chi connectivity index (χ1) is 7.27. The van der Waals surface area contributed by atoms with Crippen molar-refractivity contribution in [3.05, 3.63) is 29.3 Å². The van der Waals surface area contributed by atoms with Crippen LogP contribution in [0.3, 0.4) is 0 Å². The Morgan fingerprint density at radius 3 is 2.40 bits per heavy atom. The van der Waals surface area contributed by atoms with E-state index in [0.717, 1.165) is 18.0 Å². The van der Waals surface area contributed by atoms with Crippen LogP contribution in [0.2, 0.25) is 5.02 Å². The van der Waals surface area contributed by atoms with Crippen molar-refractivity contribution in [3.8, 4) is 0 Å². The van der Waals surface area contributed by atoms with Gasteiger partial charge in [0, 0.05) is 18.1 Å². The molecule has 1 unspecified atom stereocenters. The Kier molecular flexibility index (Phi) is 3.75. The van der Waals surface area contributed by atoms with E-state index in [-0.39, 0.29) is 0 Å². The molecule has 2 rings (SSSR count). The van der Waals surface area contributed by atoms with E-state index in [9.17, 15) is 4.21 Å². The summed E-state index contributed by atoms with van der Waals surface area (Å²) in [6.07, 6.45) is 0. The van der Waals surface area contributed by atoms with Gasteiger partial charge in [-0.05, 0) is 24.3 Å². The zero-order valence-corrected chi connectivity index (χ0v) is 9.76. The van der Waals surface area contributed by atoms with Gasteiger partial charge in [0.2, 0.25) is 0 Å². The van der Waals surface area contributed by atoms with Gasteiger partial charge in [-0.2, -0.15) is 0 Å². The monoisotopic (exact) mass is 245 g/mol. The summed E-state index contributed by atoms with van der Waals surface area (Å²) in [5.41, 5.74) is 0. The summed E-state index contributed by atoms with van der Waals surface area (Å²) in [5.74, 6) is 0. The molecule has 1 fully saturated rings. The molecule has 1 saturated heterocycles. The molecule has 5 heteroatoms. The molecule has 1 aliphatic rings. The van der Waals surface area contributed by atoms with Gasteiger partial charge in [0.1, 0.15) is 11.0 Å². The number of benzene rings is 1. The van der Waals surface area contributed by atoms with E-state index in [0.29, 0.717) is 18.2 Å². The van der Waals surface area contributed by atoms with Crippen molar-refractivity contribution < 1.29 is 8.95 Å². The fraction of sp³-hybridized carbons (Fsp3) is 0.400. The summed E-state index contributed by atoms with van der Waals surface area (Å²) in [7, 11) is -1.08. The van der Waals surface area contributed by atoms with Crippen molar-refractivity contribution in [1.29, 1.82) is 0 Å². The largest absolute Gasteiger partial charge is 0.379 e. The second-order valence-electron chi connectivity index (χ2n) is 3.24. The molecule has 0 aliphatic carbocycles. The number of hydrogen-bond acceptors (Lipinski definition) is 2. The number of morpholine rings is 1. The lowest BCUT2D eigenvalue weighted by Gasteiger charge is -2.25. The zero-order chi connectivity index (χ0) is 10.7. The smallest absolute Gasteiger partial charge is 0.127 e. The van der Waals surface area contributed by atoms with Gasteiger partial charge in [-0.3, -0.25) is 0 Å². The van der Waals surface area contributed by atoms with E-state index in [1.807, 2.05) is 4.31 Å². The minimum atomic E-state index is -1.08. The molecule has 0 bridgehead atoms. The first kappa shape index (κ1) is 11.1. The molecule has 15 heavy (non-hydrogen) atoms. The minimum Gasteiger partial charge on any atom is -0.379 e. The molecule has 1 aromatic carbocycles. The molecule has 1 atom stereocenters. The number of halogens is 1. The highest BCUT2D eigenvalue weighted by Crippen LogP contribution is 2.15.